The molecule has 0 saturated carbocycles. The molecule has 1 rings (SSSR count). The van der Waals surface area contributed by atoms with E-state index < -0.39 is 0 Å². The maximum atomic E-state index is 5.72. The summed E-state index contributed by atoms with van der Waals surface area (Å²) in [7, 11) is 4.18. The van der Waals surface area contributed by atoms with Crippen LogP contribution < -0.4 is 15.4 Å². The van der Waals surface area contributed by atoms with Crippen molar-refractivity contribution in [3.05, 3.63) is 29.3 Å². The van der Waals surface area contributed by atoms with E-state index in [1.807, 2.05) is 6.92 Å². The van der Waals surface area contributed by atoms with Gasteiger partial charge in [0.2, 0.25) is 0 Å². The second-order valence-corrected chi connectivity index (χ2v) is 5.82. The van der Waals surface area contributed by atoms with Crippen LogP contribution in [0.25, 0.3) is 0 Å². The number of nitrogens with one attached hydrogen (secondary N) is 2. The highest BCUT2D eigenvalue weighted by Crippen LogP contribution is 2.21. The predicted octanol–water partition coefficient (Wildman–Crippen LogP) is 3.02. The standard InChI is InChI=1S/C18H32N4O.HI/c1-6-19-18(20-11-8-12-22(4)5)21-14-16-10-9-15(3)13-17(16)23-7-2;/h9-10,13H,6-8,11-12,14H2,1-5H3,(H2,19,20,21);1H. The highest BCUT2D eigenvalue weighted by atomic mass is 127. The van der Waals surface area contributed by atoms with Gasteiger partial charge in [0, 0.05) is 18.7 Å². The zero-order valence-corrected chi connectivity index (χ0v) is 18.0. The molecule has 0 bridgehead atoms. The van der Waals surface area contributed by atoms with E-state index in [0.717, 1.165) is 43.3 Å². The Kier molecular flexibility index (Phi) is 12.7. The Labute approximate surface area is 164 Å². The number of guanidine groups is 1. The number of hydrogen-bond acceptors (Lipinski definition) is 3. The molecule has 0 aromatic heterocycles. The van der Waals surface area contributed by atoms with Gasteiger partial charge in [-0.1, -0.05) is 12.1 Å². The number of aryl methyl sites for hydroxylation is 1. The summed E-state index contributed by atoms with van der Waals surface area (Å²) in [6.07, 6.45) is 1.09. The van der Waals surface area contributed by atoms with Crippen LogP contribution >= 0.6 is 24.0 Å². The van der Waals surface area contributed by atoms with Gasteiger partial charge >= 0.3 is 0 Å². The molecule has 0 heterocycles. The van der Waals surface area contributed by atoms with Crippen molar-refractivity contribution >= 4 is 29.9 Å². The van der Waals surface area contributed by atoms with Crippen LogP contribution in [-0.2, 0) is 6.54 Å². The molecular formula is C18H33IN4O. The van der Waals surface area contributed by atoms with Crippen LogP contribution in [0.2, 0.25) is 0 Å². The van der Waals surface area contributed by atoms with E-state index in [0.29, 0.717) is 13.2 Å². The van der Waals surface area contributed by atoms with E-state index in [4.69, 9.17) is 4.74 Å². The SMILES string of the molecule is CCNC(=NCc1ccc(C)cc1OCC)NCCCN(C)C.I. The molecule has 24 heavy (non-hydrogen) atoms. The lowest BCUT2D eigenvalue weighted by Crippen LogP contribution is -2.38. The van der Waals surface area contributed by atoms with Gasteiger partial charge in [-0.2, -0.15) is 0 Å². The molecule has 2 N–H and O–H groups in total. The second-order valence-electron chi connectivity index (χ2n) is 5.82. The van der Waals surface area contributed by atoms with Crippen LogP contribution in [0.15, 0.2) is 23.2 Å². The average molecular weight is 448 g/mol. The van der Waals surface area contributed by atoms with Gasteiger partial charge in [-0.15, -0.1) is 24.0 Å². The summed E-state index contributed by atoms with van der Waals surface area (Å²) in [5, 5.41) is 6.67. The number of nitrogens with zero attached hydrogens (tertiary/aromatic N) is 2. The quantitative estimate of drug-likeness (QED) is 0.264. The van der Waals surface area contributed by atoms with Gasteiger partial charge in [-0.3, -0.25) is 0 Å². The normalized spacial score (nSPS) is 11.2. The Morgan fingerprint density at radius 1 is 1.21 bits per heavy atom. The number of rotatable bonds is 9. The van der Waals surface area contributed by atoms with E-state index in [9.17, 15) is 0 Å². The summed E-state index contributed by atoms with van der Waals surface area (Å²) in [5.74, 6) is 1.79. The fraction of sp³-hybridized carbons (Fsp3) is 0.611. The van der Waals surface area contributed by atoms with Crippen molar-refractivity contribution in [1.82, 2.24) is 15.5 Å². The lowest BCUT2D eigenvalue weighted by molar-refractivity contribution is 0.336. The van der Waals surface area contributed by atoms with Crippen LogP contribution in [-0.4, -0.2) is 51.2 Å². The predicted molar refractivity (Wildman–Crippen MR) is 114 cm³/mol. The number of halogens is 1. The summed E-state index contributed by atoms with van der Waals surface area (Å²) in [4.78, 5) is 6.86. The number of benzene rings is 1. The third kappa shape index (κ3) is 9.32. The highest BCUT2D eigenvalue weighted by molar-refractivity contribution is 14.0. The molecule has 0 amide bonds. The van der Waals surface area contributed by atoms with Crippen LogP contribution in [0.3, 0.4) is 0 Å². The first kappa shape index (κ1) is 23.0. The second kappa shape index (κ2) is 13.3. The van der Waals surface area contributed by atoms with Crippen LogP contribution in [0, 0.1) is 6.92 Å². The summed E-state index contributed by atoms with van der Waals surface area (Å²) in [5.41, 5.74) is 2.32. The van der Waals surface area contributed by atoms with E-state index >= 15 is 0 Å². The summed E-state index contributed by atoms with van der Waals surface area (Å²) in [6.45, 7) is 10.3. The van der Waals surface area contributed by atoms with Crippen molar-refractivity contribution in [2.45, 2.75) is 33.7 Å². The van der Waals surface area contributed by atoms with Gasteiger partial charge in [0.05, 0.1) is 13.2 Å². The van der Waals surface area contributed by atoms with Gasteiger partial charge in [-0.25, -0.2) is 4.99 Å². The summed E-state index contributed by atoms with van der Waals surface area (Å²) < 4.78 is 5.72. The molecule has 0 spiro atoms. The largest absolute Gasteiger partial charge is 0.494 e. The minimum Gasteiger partial charge on any atom is -0.494 e. The van der Waals surface area contributed by atoms with Crippen molar-refractivity contribution in [3.8, 4) is 5.75 Å². The molecule has 0 unspecified atom stereocenters. The van der Waals surface area contributed by atoms with Crippen LogP contribution in [0.1, 0.15) is 31.4 Å². The van der Waals surface area contributed by atoms with Gasteiger partial charge in [0.25, 0.3) is 0 Å². The van der Waals surface area contributed by atoms with Crippen LogP contribution in [0.4, 0.5) is 0 Å². The molecule has 0 radical (unpaired) electrons. The first-order valence-corrected chi connectivity index (χ1v) is 8.46. The molecule has 1 aromatic carbocycles. The van der Waals surface area contributed by atoms with E-state index in [2.05, 4.69) is 66.7 Å². The minimum atomic E-state index is 0. The van der Waals surface area contributed by atoms with Crippen molar-refractivity contribution in [1.29, 1.82) is 0 Å². The lowest BCUT2D eigenvalue weighted by Gasteiger charge is -2.14. The number of ether oxygens (including phenoxy) is 1. The molecule has 6 heteroatoms. The third-order valence-corrected chi connectivity index (χ3v) is 3.35. The van der Waals surface area contributed by atoms with Crippen molar-refractivity contribution < 1.29 is 4.74 Å². The molecule has 1 aromatic rings. The Balaban J connectivity index is 0.00000529. The van der Waals surface area contributed by atoms with E-state index in [1.165, 1.54) is 5.56 Å². The first-order chi connectivity index (χ1) is 11.1. The smallest absolute Gasteiger partial charge is 0.191 e. The molecule has 138 valence electrons. The molecule has 0 aliphatic rings. The molecular weight excluding hydrogens is 415 g/mol. The monoisotopic (exact) mass is 448 g/mol. The van der Waals surface area contributed by atoms with E-state index in [1.54, 1.807) is 0 Å². The maximum absolute atomic E-state index is 5.72. The molecule has 0 fully saturated rings. The van der Waals surface area contributed by atoms with Gasteiger partial charge in [0.15, 0.2) is 5.96 Å². The Bertz CT molecular complexity index is 492. The number of hydrogen-bond donors (Lipinski definition) is 2. The molecule has 0 aliphatic heterocycles. The number of aliphatic imine (C=N–C) groups is 1. The lowest BCUT2D eigenvalue weighted by atomic mass is 10.1. The summed E-state index contributed by atoms with van der Waals surface area (Å²) >= 11 is 0. The fourth-order valence-electron chi connectivity index (χ4n) is 2.19. The molecule has 5 nitrogen and oxygen atoms in total. The van der Waals surface area contributed by atoms with E-state index in [-0.39, 0.29) is 24.0 Å². The minimum absolute atomic E-state index is 0. The maximum Gasteiger partial charge on any atom is 0.191 e. The van der Waals surface area contributed by atoms with Crippen molar-refractivity contribution in [2.24, 2.45) is 4.99 Å². The zero-order valence-electron chi connectivity index (χ0n) is 15.7. The molecule has 0 aliphatic carbocycles. The van der Waals surface area contributed by atoms with Gasteiger partial charge < -0.3 is 20.3 Å². The fourth-order valence-corrected chi connectivity index (χ4v) is 2.19. The average Bonchev–Trinajstić information content (AvgIpc) is 2.50. The molecule has 0 saturated heterocycles. The highest BCUT2D eigenvalue weighted by Gasteiger charge is 2.04. The Hall–Kier alpha value is -1.02. The van der Waals surface area contributed by atoms with Crippen LogP contribution in [0.5, 0.6) is 5.75 Å². The summed E-state index contributed by atoms with van der Waals surface area (Å²) in [6, 6.07) is 6.27. The Morgan fingerprint density at radius 3 is 2.58 bits per heavy atom. The van der Waals surface area contributed by atoms with Gasteiger partial charge in [0.1, 0.15) is 5.75 Å². The first-order valence-electron chi connectivity index (χ1n) is 8.46. The van der Waals surface area contributed by atoms with Crippen molar-refractivity contribution in [3.63, 3.8) is 0 Å². The van der Waals surface area contributed by atoms with Gasteiger partial charge in [-0.05, 0) is 59.5 Å². The third-order valence-electron chi connectivity index (χ3n) is 3.35. The zero-order chi connectivity index (χ0) is 17.1. The molecule has 0 atom stereocenters. The Morgan fingerprint density at radius 2 is 1.96 bits per heavy atom. The van der Waals surface area contributed by atoms with Crippen molar-refractivity contribution in [2.75, 3.05) is 40.3 Å². The topological polar surface area (TPSA) is 48.9 Å².